The molecule has 2 rings (SSSR count). The number of nitrogens with one attached hydrogen (secondary N) is 3. The molecule has 1 aromatic rings. The molecule has 1 amide bonds. The molecule has 1 aromatic carbocycles. The highest BCUT2D eigenvalue weighted by atomic mass is 127. The number of methoxy groups -OCH3 is 1. The van der Waals surface area contributed by atoms with Gasteiger partial charge >= 0.3 is 0 Å². The van der Waals surface area contributed by atoms with Crippen molar-refractivity contribution in [3.05, 3.63) is 29.8 Å². The van der Waals surface area contributed by atoms with Crippen molar-refractivity contribution in [3.63, 3.8) is 0 Å². The third-order valence-electron chi connectivity index (χ3n) is 3.53. The second kappa shape index (κ2) is 10.3. The van der Waals surface area contributed by atoms with E-state index in [0.717, 1.165) is 24.2 Å². The van der Waals surface area contributed by atoms with Crippen LogP contribution in [0.3, 0.4) is 0 Å². The zero-order valence-electron chi connectivity index (χ0n) is 13.6. The Hall–Kier alpha value is -1.51. The Kier molecular flexibility index (Phi) is 8.75. The lowest BCUT2D eigenvalue weighted by Crippen LogP contribution is -2.41. The number of guanidine groups is 1. The molecular formula is C16H25IN4O2. The summed E-state index contributed by atoms with van der Waals surface area (Å²) in [5, 5.41) is 9.32. The maximum Gasteiger partial charge on any atom is 0.223 e. The van der Waals surface area contributed by atoms with Crippen LogP contribution in [-0.2, 0) is 11.3 Å². The van der Waals surface area contributed by atoms with Crippen LogP contribution in [0.5, 0.6) is 5.75 Å². The zero-order valence-corrected chi connectivity index (χ0v) is 15.9. The normalized spacial score (nSPS) is 13.7. The molecule has 3 N–H and O–H groups in total. The third-order valence-corrected chi connectivity index (χ3v) is 3.53. The predicted octanol–water partition coefficient (Wildman–Crippen LogP) is 1.50. The maximum absolute atomic E-state index is 11.5. The quantitative estimate of drug-likeness (QED) is 0.264. The van der Waals surface area contributed by atoms with Crippen LogP contribution < -0.4 is 20.7 Å². The number of carbonyl (C=O) groups is 1. The van der Waals surface area contributed by atoms with Gasteiger partial charge in [0.05, 0.1) is 7.11 Å². The van der Waals surface area contributed by atoms with E-state index in [1.165, 1.54) is 0 Å². The lowest BCUT2D eigenvalue weighted by molar-refractivity contribution is -0.122. The van der Waals surface area contributed by atoms with Crippen molar-refractivity contribution in [1.29, 1.82) is 0 Å². The fourth-order valence-corrected chi connectivity index (χ4v) is 2.11. The van der Waals surface area contributed by atoms with Crippen LogP contribution in [0.15, 0.2) is 29.3 Å². The van der Waals surface area contributed by atoms with E-state index in [0.29, 0.717) is 25.6 Å². The van der Waals surface area contributed by atoms with Gasteiger partial charge in [0, 0.05) is 38.2 Å². The highest BCUT2D eigenvalue weighted by Gasteiger charge is 2.28. The fourth-order valence-electron chi connectivity index (χ4n) is 2.11. The largest absolute Gasteiger partial charge is 0.496 e. The number of rotatable bonds is 7. The summed E-state index contributed by atoms with van der Waals surface area (Å²) >= 11 is 0. The molecule has 1 aliphatic carbocycles. The molecule has 1 saturated carbocycles. The molecule has 128 valence electrons. The summed E-state index contributed by atoms with van der Waals surface area (Å²) < 4.78 is 5.32. The number of hydrogen-bond donors (Lipinski definition) is 3. The van der Waals surface area contributed by atoms with Crippen LogP contribution in [0.25, 0.3) is 0 Å². The molecule has 0 unspecified atom stereocenters. The summed E-state index contributed by atoms with van der Waals surface area (Å²) in [6.45, 7) is 1.87. The molecule has 0 spiro atoms. The first-order valence-electron chi connectivity index (χ1n) is 7.58. The Balaban J connectivity index is 0.00000264. The molecule has 1 fully saturated rings. The van der Waals surface area contributed by atoms with Gasteiger partial charge in [-0.25, -0.2) is 0 Å². The molecule has 0 heterocycles. The Morgan fingerprint density at radius 1 is 1.22 bits per heavy atom. The van der Waals surface area contributed by atoms with Gasteiger partial charge in [-0.05, 0) is 18.9 Å². The Morgan fingerprint density at radius 2 is 1.91 bits per heavy atom. The van der Waals surface area contributed by atoms with Gasteiger partial charge in [-0.2, -0.15) is 0 Å². The topological polar surface area (TPSA) is 74.8 Å². The standard InChI is InChI=1S/C16H24N4O2.HI/c1-17-16(19-10-9-18-15(21)12-7-8-12)20-11-13-5-3-4-6-14(13)22-2;/h3-6,12H,7-11H2,1-2H3,(H,18,21)(H2,17,19,20);1H. The Bertz CT molecular complexity index is 533. The van der Waals surface area contributed by atoms with Crippen molar-refractivity contribution in [1.82, 2.24) is 16.0 Å². The summed E-state index contributed by atoms with van der Waals surface area (Å²) in [5.41, 5.74) is 1.06. The zero-order chi connectivity index (χ0) is 15.8. The van der Waals surface area contributed by atoms with Gasteiger partial charge in [-0.3, -0.25) is 9.79 Å². The van der Waals surface area contributed by atoms with Crippen molar-refractivity contribution in [2.75, 3.05) is 27.2 Å². The van der Waals surface area contributed by atoms with Gasteiger partial charge in [0.15, 0.2) is 5.96 Å². The number of halogens is 1. The van der Waals surface area contributed by atoms with E-state index < -0.39 is 0 Å². The Labute approximate surface area is 154 Å². The lowest BCUT2D eigenvalue weighted by atomic mass is 10.2. The minimum absolute atomic E-state index is 0. The molecule has 7 heteroatoms. The molecule has 1 aliphatic rings. The van der Waals surface area contributed by atoms with E-state index in [9.17, 15) is 4.79 Å². The number of ether oxygens (including phenoxy) is 1. The Morgan fingerprint density at radius 3 is 2.57 bits per heavy atom. The van der Waals surface area contributed by atoms with Crippen LogP contribution in [0.2, 0.25) is 0 Å². The molecule has 0 saturated heterocycles. The molecule has 0 aliphatic heterocycles. The fraction of sp³-hybridized carbons (Fsp3) is 0.500. The van der Waals surface area contributed by atoms with Crippen LogP contribution in [0.1, 0.15) is 18.4 Å². The van der Waals surface area contributed by atoms with Gasteiger partial charge in [0.25, 0.3) is 0 Å². The van der Waals surface area contributed by atoms with Crippen molar-refractivity contribution < 1.29 is 9.53 Å². The highest BCUT2D eigenvalue weighted by molar-refractivity contribution is 14.0. The van der Waals surface area contributed by atoms with Gasteiger partial charge in [0.2, 0.25) is 5.91 Å². The number of para-hydroxylation sites is 1. The van der Waals surface area contributed by atoms with E-state index in [1.807, 2.05) is 24.3 Å². The number of aliphatic imine (C=N–C) groups is 1. The molecule has 6 nitrogen and oxygen atoms in total. The van der Waals surface area contributed by atoms with Crippen LogP contribution >= 0.6 is 24.0 Å². The van der Waals surface area contributed by atoms with E-state index in [2.05, 4.69) is 20.9 Å². The number of amides is 1. The first-order valence-corrected chi connectivity index (χ1v) is 7.58. The van der Waals surface area contributed by atoms with Crippen molar-refractivity contribution in [2.24, 2.45) is 10.9 Å². The summed E-state index contributed by atoms with van der Waals surface area (Å²) in [6, 6.07) is 7.86. The minimum atomic E-state index is 0. The number of hydrogen-bond acceptors (Lipinski definition) is 3. The van der Waals surface area contributed by atoms with E-state index in [4.69, 9.17) is 4.74 Å². The summed E-state index contributed by atoms with van der Waals surface area (Å²) in [6.07, 6.45) is 2.06. The second-order valence-corrected chi connectivity index (χ2v) is 5.23. The molecule has 0 radical (unpaired) electrons. The van der Waals surface area contributed by atoms with Crippen molar-refractivity contribution in [2.45, 2.75) is 19.4 Å². The maximum atomic E-state index is 11.5. The molecular weight excluding hydrogens is 407 g/mol. The van der Waals surface area contributed by atoms with Gasteiger partial charge < -0.3 is 20.7 Å². The van der Waals surface area contributed by atoms with E-state index in [1.54, 1.807) is 14.2 Å². The van der Waals surface area contributed by atoms with Gasteiger partial charge in [0.1, 0.15) is 5.75 Å². The first kappa shape index (κ1) is 19.5. The average molecular weight is 432 g/mol. The molecule has 0 aromatic heterocycles. The third kappa shape index (κ3) is 6.64. The van der Waals surface area contributed by atoms with Crippen molar-refractivity contribution >= 4 is 35.8 Å². The van der Waals surface area contributed by atoms with E-state index in [-0.39, 0.29) is 35.8 Å². The summed E-state index contributed by atoms with van der Waals surface area (Å²) in [5.74, 6) is 1.97. The monoisotopic (exact) mass is 432 g/mol. The summed E-state index contributed by atoms with van der Waals surface area (Å²) in [4.78, 5) is 15.7. The van der Waals surface area contributed by atoms with Crippen LogP contribution in [-0.4, -0.2) is 39.1 Å². The number of benzene rings is 1. The van der Waals surface area contributed by atoms with Crippen LogP contribution in [0, 0.1) is 5.92 Å². The second-order valence-electron chi connectivity index (χ2n) is 5.23. The lowest BCUT2D eigenvalue weighted by Gasteiger charge is -2.14. The molecule has 23 heavy (non-hydrogen) atoms. The first-order chi connectivity index (χ1) is 10.7. The highest BCUT2D eigenvalue weighted by Crippen LogP contribution is 2.28. The minimum Gasteiger partial charge on any atom is -0.496 e. The summed E-state index contributed by atoms with van der Waals surface area (Å²) in [7, 11) is 3.38. The van der Waals surface area contributed by atoms with Gasteiger partial charge in [-0.15, -0.1) is 24.0 Å². The van der Waals surface area contributed by atoms with Gasteiger partial charge in [-0.1, -0.05) is 18.2 Å². The predicted molar refractivity (Wildman–Crippen MR) is 102 cm³/mol. The average Bonchev–Trinajstić information content (AvgIpc) is 3.39. The molecule has 0 bridgehead atoms. The van der Waals surface area contributed by atoms with E-state index >= 15 is 0 Å². The smallest absolute Gasteiger partial charge is 0.223 e. The van der Waals surface area contributed by atoms with Crippen molar-refractivity contribution in [3.8, 4) is 5.75 Å². The SMILES string of the molecule is CN=C(NCCNC(=O)C1CC1)NCc1ccccc1OC.I. The molecule has 0 atom stereocenters. The van der Waals surface area contributed by atoms with Crippen LogP contribution in [0.4, 0.5) is 0 Å². The number of carbonyl (C=O) groups excluding carboxylic acids is 1. The number of nitrogens with zero attached hydrogens (tertiary/aromatic N) is 1.